The Balaban J connectivity index is 2.17. The number of anilines is 1. The van der Waals surface area contributed by atoms with Crippen molar-refractivity contribution in [3.63, 3.8) is 0 Å². The average molecular weight is 410 g/mol. The Hall–Kier alpha value is -2.08. The highest BCUT2D eigenvalue weighted by Gasteiger charge is 2.28. The molecule has 3 rings (SSSR count). The number of para-hydroxylation sites is 1. The molecule has 0 fully saturated rings. The number of halogens is 3. The Morgan fingerprint density at radius 1 is 0.808 bits per heavy atom. The van der Waals surface area contributed by atoms with E-state index in [-0.39, 0.29) is 17.1 Å². The summed E-state index contributed by atoms with van der Waals surface area (Å²) in [6.45, 7) is -0.198. The van der Waals surface area contributed by atoms with Crippen molar-refractivity contribution < 1.29 is 12.8 Å². The fourth-order valence-corrected chi connectivity index (χ4v) is 4.48. The van der Waals surface area contributed by atoms with Crippen LogP contribution in [0.3, 0.4) is 0 Å². The first-order valence-electron chi connectivity index (χ1n) is 7.66. The molecule has 0 aliphatic rings. The second kappa shape index (κ2) is 7.66. The molecule has 3 aromatic rings. The van der Waals surface area contributed by atoms with E-state index in [0.29, 0.717) is 15.6 Å². The van der Waals surface area contributed by atoms with Crippen LogP contribution in [0.4, 0.5) is 10.1 Å². The molecule has 0 N–H and O–H groups in total. The Kier molecular flexibility index (Phi) is 5.51. The number of hydrogen-bond acceptors (Lipinski definition) is 2. The van der Waals surface area contributed by atoms with Crippen LogP contribution in [-0.2, 0) is 16.6 Å². The van der Waals surface area contributed by atoms with Crippen molar-refractivity contribution in [3.05, 3.63) is 94.2 Å². The first-order valence-corrected chi connectivity index (χ1v) is 9.86. The summed E-state index contributed by atoms with van der Waals surface area (Å²) >= 11 is 12.4. The zero-order valence-electron chi connectivity index (χ0n) is 13.4. The lowest BCUT2D eigenvalue weighted by Gasteiger charge is -2.26. The van der Waals surface area contributed by atoms with E-state index in [9.17, 15) is 12.8 Å². The first-order chi connectivity index (χ1) is 12.4. The zero-order valence-corrected chi connectivity index (χ0v) is 15.8. The van der Waals surface area contributed by atoms with Crippen LogP contribution in [0.2, 0.25) is 10.0 Å². The topological polar surface area (TPSA) is 37.4 Å². The van der Waals surface area contributed by atoms with Gasteiger partial charge in [0.15, 0.2) is 0 Å². The van der Waals surface area contributed by atoms with Gasteiger partial charge in [-0.05, 0) is 36.4 Å². The molecule has 0 atom stereocenters. The molecule has 0 amide bonds. The molecule has 0 aromatic heterocycles. The molecule has 0 spiro atoms. The van der Waals surface area contributed by atoms with Crippen LogP contribution in [0.1, 0.15) is 5.56 Å². The summed E-state index contributed by atoms with van der Waals surface area (Å²) in [6.07, 6.45) is 0. The fourth-order valence-electron chi connectivity index (χ4n) is 2.50. The normalized spacial score (nSPS) is 11.3. The summed E-state index contributed by atoms with van der Waals surface area (Å²) in [7, 11) is -4.03. The lowest BCUT2D eigenvalue weighted by Crippen LogP contribution is -2.31. The van der Waals surface area contributed by atoms with Crippen molar-refractivity contribution in [3.8, 4) is 0 Å². The van der Waals surface area contributed by atoms with Crippen LogP contribution >= 0.6 is 23.2 Å². The van der Waals surface area contributed by atoms with Gasteiger partial charge in [0.25, 0.3) is 10.0 Å². The van der Waals surface area contributed by atoms with E-state index in [4.69, 9.17) is 23.2 Å². The van der Waals surface area contributed by atoms with Gasteiger partial charge in [-0.15, -0.1) is 0 Å². The van der Waals surface area contributed by atoms with Crippen LogP contribution in [0.25, 0.3) is 0 Å². The van der Waals surface area contributed by atoms with Crippen LogP contribution in [-0.4, -0.2) is 8.42 Å². The molecule has 7 heteroatoms. The maximum atomic E-state index is 14.4. The van der Waals surface area contributed by atoms with Crippen molar-refractivity contribution in [1.29, 1.82) is 0 Å². The predicted octanol–water partition coefficient (Wildman–Crippen LogP) is 5.53. The molecule has 0 radical (unpaired) electrons. The third kappa shape index (κ3) is 3.70. The van der Waals surface area contributed by atoms with Crippen molar-refractivity contribution in [2.45, 2.75) is 11.4 Å². The second-order valence-electron chi connectivity index (χ2n) is 5.48. The Labute approximate surface area is 161 Å². The Morgan fingerprint density at radius 3 is 2.00 bits per heavy atom. The van der Waals surface area contributed by atoms with Crippen LogP contribution in [0.15, 0.2) is 77.7 Å². The highest BCUT2D eigenvalue weighted by molar-refractivity contribution is 7.92. The van der Waals surface area contributed by atoms with E-state index in [2.05, 4.69) is 0 Å². The molecule has 0 aliphatic heterocycles. The molecule has 0 unspecified atom stereocenters. The molecule has 26 heavy (non-hydrogen) atoms. The lowest BCUT2D eigenvalue weighted by atomic mass is 10.2. The number of benzene rings is 3. The molecule has 0 aliphatic carbocycles. The predicted molar refractivity (Wildman–Crippen MR) is 103 cm³/mol. The van der Waals surface area contributed by atoms with Crippen molar-refractivity contribution in [1.82, 2.24) is 0 Å². The van der Waals surface area contributed by atoms with Gasteiger partial charge in [0, 0.05) is 15.6 Å². The van der Waals surface area contributed by atoms with Crippen molar-refractivity contribution in [2.75, 3.05) is 4.31 Å². The molecule has 0 heterocycles. The van der Waals surface area contributed by atoms with Crippen LogP contribution in [0.5, 0.6) is 0 Å². The van der Waals surface area contributed by atoms with Crippen LogP contribution < -0.4 is 4.31 Å². The highest BCUT2D eigenvalue weighted by atomic mass is 35.5. The minimum absolute atomic E-state index is 0.0476. The third-order valence-corrected chi connectivity index (χ3v) is 6.30. The first kappa shape index (κ1) is 18.7. The van der Waals surface area contributed by atoms with Gasteiger partial charge >= 0.3 is 0 Å². The zero-order chi connectivity index (χ0) is 18.7. The van der Waals surface area contributed by atoms with Gasteiger partial charge in [-0.25, -0.2) is 12.8 Å². The summed E-state index contributed by atoms with van der Waals surface area (Å²) in [4.78, 5) is 0.0476. The number of nitrogens with zero attached hydrogens (tertiary/aromatic N) is 1. The van der Waals surface area contributed by atoms with Gasteiger partial charge in [-0.2, -0.15) is 0 Å². The maximum Gasteiger partial charge on any atom is 0.264 e. The molecular formula is C19H14Cl2FNO2S. The largest absolute Gasteiger partial charge is 0.264 e. The fraction of sp³-hybridized carbons (Fsp3) is 0.0526. The van der Waals surface area contributed by atoms with Crippen LogP contribution in [0, 0.1) is 5.82 Å². The van der Waals surface area contributed by atoms with Gasteiger partial charge in [0.1, 0.15) is 5.82 Å². The van der Waals surface area contributed by atoms with Crippen molar-refractivity contribution in [2.24, 2.45) is 0 Å². The minimum Gasteiger partial charge on any atom is -0.259 e. The number of rotatable bonds is 5. The SMILES string of the molecule is O=S(=O)(c1ccccc1)N(Cc1c(Cl)cccc1Cl)c1ccccc1F. The van der Waals surface area contributed by atoms with Gasteiger partial charge in [0.05, 0.1) is 17.1 Å². The summed E-state index contributed by atoms with van der Waals surface area (Å²) in [6, 6.07) is 18.4. The smallest absolute Gasteiger partial charge is 0.259 e. The minimum atomic E-state index is -4.03. The van der Waals surface area contributed by atoms with E-state index in [1.165, 1.54) is 30.3 Å². The standard InChI is InChI=1S/C19H14Cl2FNO2S/c20-16-9-6-10-17(21)15(16)13-23(19-12-5-4-11-18(19)22)26(24,25)14-7-2-1-3-8-14/h1-12H,13H2. The van der Waals surface area contributed by atoms with Crippen molar-refractivity contribution >= 4 is 38.9 Å². The molecule has 0 bridgehead atoms. The number of sulfonamides is 1. The molecule has 0 saturated carbocycles. The van der Waals surface area contributed by atoms with Gasteiger partial charge in [0.2, 0.25) is 0 Å². The maximum absolute atomic E-state index is 14.4. The summed E-state index contributed by atoms with van der Waals surface area (Å²) < 4.78 is 41.8. The summed E-state index contributed by atoms with van der Waals surface area (Å²) in [5.41, 5.74) is 0.325. The van der Waals surface area contributed by atoms with E-state index >= 15 is 0 Å². The number of hydrogen-bond donors (Lipinski definition) is 0. The van der Waals surface area contributed by atoms with Gasteiger partial charge in [-0.1, -0.05) is 59.6 Å². The monoisotopic (exact) mass is 409 g/mol. The summed E-state index contributed by atoms with van der Waals surface area (Å²) in [5.74, 6) is -0.657. The average Bonchev–Trinajstić information content (AvgIpc) is 2.63. The molecular weight excluding hydrogens is 396 g/mol. The van der Waals surface area contributed by atoms with E-state index in [0.717, 1.165) is 4.31 Å². The van der Waals surface area contributed by atoms with E-state index < -0.39 is 15.8 Å². The Morgan fingerprint density at radius 2 is 1.38 bits per heavy atom. The third-order valence-electron chi connectivity index (χ3n) is 3.82. The second-order valence-corrected chi connectivity index (χ2v) is 8.15. The van der Waals surface area contributed by atoms with Gasteiger partial charge < -0.3 is 0 Å². The highest BCUT2D eigenvalue weighted by Crippen LogP contribution is 2.32. The molecule has 134 valence electrons. The molecule has 3 nitrogen and oxygen atoms in total. The lowest BCUT2D eigenvalue weighted by molar-refractivity contribution is 0.584. The summed E-state index contributed by atoms with van der Waals surface area (Å²) in [5, 5.41) is 0.615. The van der Waals surface area contributed by atoms with E-state index in [1.807, 2.05) is 0 Å². The molecule has 3 aromatic carbocycles. The van der Waals surface area contributed by atoms with E-state index in [1.54, 1.807) is 42.5 Å². The Bertz CT molecular complexity index is 1010. The van der Waals surface area contributed by atoms with Gasteiger partial charge in [-0.3, -0.25) is 4.31 Å². The quantitative estimate of drug-likeness (QED) is 0.555. The molecule has 0 saturated heterocycles.